The number of nitrogens with zero attached hydrogens (tertiary/aromatic N) is 3. The SMILES string of the molecule is c1ccc(-c2ccc(-c3nc(-n4c5ccccc5c5cc6c(cc54)sc4ccccc46)nc4c3sc3ccccc34)cc2)cc1. The molecule has 3 nitrogen and oxygen atoms in total. The van der Waals surface area contributed by atoms with Crippen molar-refractivity contribution < 1.29 is 0 Å². The number of aromatic nitrogens is 3. The van der Waals surface area contributed by atoms with Gasteiger partial charge in [-0.2, -0.15) is 0 Å². The van der Waals surface area contributed by atoms with E-state index in [0.717, 1.165) is 37.9 Å². The number of hydrogen-bond acceptors (Lipinski definition) is 4. The first kappa shape index (κ1) is 25.0. The molecule has 0 bridgehead atoms. The molecule has 0 atom stereocenters. The molecule has 0 saturated carbocycles. The number of thiophene rings is 2. The van der Waals surface area contributed by atoms with Crippen LogP contribution in [0.3, 0.4) is 0 Å². The predicted octanol–water partition coefficient (Wildman–Crippen LogP) is 11.6. The third-order valence-corrected chi connectivity index (χ3v) is 11.1. The van der Waals surface area contributed by atoms with E-state index in [2.05, 4.69) is 144 Å². The van der Waals surface area contributed by atoms with Crippen molar-refractivity contribution in [1.29, 1.82) is 0 Å². The molecule has 10 rings (SSSR count). The number of benzene rings is 6. The fourth-order valence-electron chi connectivity index (χ4n) is 6.73. The molecule has 0 saturated heterocycles. The summed E-state index contributed by atoms with van der Waals surface area (Å²) in [6.07, 6.45) is 0. The van der Waals surface area contributed by atoms with Gasteiger partial charge >= 0.3 is 0 Å². The van der Waals surface area contributed by atoms with E-state index in [1.54, 1.807) is 11.3 Å². The fraction of sp³-hybridized carbons (Fsp3) is 0. The van der Waals surface area contributed by atoms with Gasteiger partial charge in [-0.15, -0.1) is 22.7 Å². The average molecular weight is 610 g/mol. The highest BCUT2D eigenvalue weighted by Gasteiger charge is 2.21. The van der Waals surface area contributed by atoms with Gasteiger partial charge in [-0.3, -0.25) is 4.57 Å². The predicted molar refractivity (Wildman–Crippen MR) is 193 cm³/mol. The van der Waals surface area contributed by atoms with Gasteiger partial charge in [-0.05, 0) is 41.5 Å². The Balaban J connectivity index is 1.28. The molecular formula is C40H23N3S2. The normalized spacial score (nSPS) is 12.0. The maximum atomic E-state index is 5.40. The highest BCUT2D eigenvalue weighted by Crippen LogP contribution is 2.42. The lowest BCUT2D eigenvalue weighted by atomic mass is 10.0. The lowest BCUT2D eigenvalue weighted by molar-refractivity contribution is 1.02. The Bertz CT molecular complexity index is 2750. The second-order valence-corrected chi connectivity index (χ2v) is 13.5. The van der Waals surface area contributed by atoms with E-state index in [1.807, 2.05) is 11.3 Å². The lowest BCUT2D eigenvalue weighted by Gasteiger charge is -2.11. The molecule has 5 heteroatoms. The van der Waals surface area contributed by atoms with Crippen LogP contribution >= 0.6 is 22.7 Å². The molecule has 0 aliphatic rings. The minimum absolute atomic E-state index is 0.694. The molecule has 0 spiro atoms. The Morgan fingerprint density at radius 1 is 0.422 bits per heavy atom. The first-order chi connectivity index (χ1) is 22.3. The van der Waals surface area contributed by atoms with Crippen molar-refractivity contribution in [3.8, 4) is 28.3 Å². The van der Waals surface area contributed by atoms with Crippen molar-refractivity contribution in [3.63, 3.8) is 0 Å². The van der Waals surface area contributed by atoms with E-state index in [4.69, 9.17) is 9.97 Å². The molecule has 10 aromatic rings. The molecule has 0 radical (unpaired) electrons. The van der Waals surface area contributed by atoms with Gasteiger partial charge < -0.3 is 0 Å². The van der Waals surface area contributed by atoms with Crippen LogP contribution in [0.15, 0.2) is 140 Å². The summed E-state index contributed by atoms with van der Waals surface area (Å²) < 4.78 is 7.17. The van der Waals surface area contributed by atoms with Crippen LogP contribution < -0.4 is 0 Å². The number of rotatable bonds is 3. The molecule has 0 N–H and O–H groups in total. The van der Waals surface area contributed by atoms with Gasteiger partial charge in [0.2, 0.25) is 5.95 Å². The van der Waals surface area contributed by atoms with Crippen LogP contribution in [-0.2, 0) is 0 Å². The molecule has 0 aliphatic heterocycles. The van der Waals surface area contributed by atoms with Gasteiger partial charge in [-0.25, -0.2) is 9.97 Å². The Hall–Kier alpha value is -5.36. The number of para-hydroxylation sites is 1. The van der Waals surface area contributed by atoms with Gasteiger partial charge in [0.25, 0.3) is 0 Å². The second kappa shape index (κ2) is 9.57. The lowest BCUT2D eigenvalue weighted by Crippen LogP contribution is -2.02. The van der Waals surface area contributed by atoms with Crippen LogP contribution in [0.5, 0.6) is 0 Å². The minimum Gasteiger partial charge on any atom is -0.278 e. The summed E-state index contributed by atoms with van der Waals surface area (Å²) in [6.45, 7) is 0. The van der Waals surface area contributed by atoms with Gasteiger partial charge in [0.05, 0.1) is 26.9 Å². The maximum Gasteiger partial charge on any atom is 0.235 e. The van der Waals surface area contributed by atoms with E-state index in [1.165, 1.54) is 46.8 Å². The fourth-order valence-corrected chi connectivity index (χ4v) is 9.00. The van der Waals surface area contributed by atoms with E-state index in [0.29, 0.717) is 5.95 Å². The van der Waals surface area contributed by atoms with Crippen LogP contribution in [0.1, 0.15) is 0 Å². The second-order valence-electron chi connectivity index (χ2n) is 11.4. The molecule has 0 amide bonds. The first-order valence-corrected chi connectivity index (χ1v) is 16.6. The van der Waals surface area contributed by atoms with Crippen molar-refractivity contribution in [1.82, 2.24) is 14.5 Å². The highest BCUT2D eigenvalue weighted by atomic mass is 32.1. The van der Waals surface area contributed by atoms with E-state index in [9.17, 15) is 0 Å². The van der Waals surface area contributed by atoms with E-state index >= 15 is 0 Å². The topological polar surface area (TPSA) is 30.7 Å². The zero-order chi connectivity index (χ0) is 29.5. The van der Waals surface area contributed by atoms with E-state index < -0.39 is 0 Å². The molecule has 45 heavy (non-hydrogen) atoms. The Kier molecular flexibility index (Phi) is 5.32. The van der Waals surface area contributed by atoms with Crippen LogP contribution in [0.25, 0.3) is 90.6 Å². The van der Waals surface area contributed by atoms with Crippen LogP contribution in [0.4, 0.5) is 0 Å². The number of fused-ring (bicyclic) bond motifs is 9. The minimum atomic E-state index is 0.694. The van der Waals surface area contributed by atoms with Gasteiger partial charge in [0.15, 0.2) is 0 Å². The van der Waals surface area contributed by atoms with Crippen molar-refractivity contribution in [3.05, 3.63) is 140 Å². The van der Waals surface area contributed by atoms with Gasteiger partial charge in [0, 0.05) is 46.6 Å². The van der Waals surface area contributed by atoms with Gasteiger partial charge in [-0.1, -0.05) is 109 Å². The summed E-state index contributed by atoms with van der Waals surface area (Å²) in [6, 6.07) is 49.9. The Labute approximate surface area is 266 Å². The molecule has 4 aromatic heterocycles. The largest absolute Gasteiger partial charge is 0.278 e. The third-order valence-electron chi connectivity index (χ3n) is 8.84. The molecule has 0 fully saturated rings. The molecule has 4 heterocycles. The van der Waals surface area contributed by atoms with E-state index in [-0.39, 0.29) is 0 Å². The van der Waals surface area contributed by atoms with Crippen LogP contribution in [0.2, 0.25) is 0 Å². The zero-order valence-corrected chi connectivity index (χ0v) is 25.6. The standard InChI is InChI=1S/C40H23N3S2/c1-2-10-24(11-3-1)25-18-20-26(21-19-25)37-39-38(29-14-6-9-17-35(29)45-39)42-40(41-37)43-32-15-7-4-12-27(32)30-22-31-28-13-5-8-16-34(28)44-36(31)23-33(30)43/h1-23H. The highest BCUT2D eigenvalue weighted by molar-refractivity contribution is 7.26. The Morgan fingerprint density at radius 2 is 1.07 bits per heavy atom. The quantitative estimate of drug-likeness (QED) is 0.199. The van der Waals surface area contributed by atoms with Crippen LogP contribution in [-0.4, -0.2) is 14.5 Å². The summed E-state index contributed by atoms with van der Waals surface area (Å²) in [5.41, 5.74) is 7.68. The van der Waals surface area contributed by atoms with Crippen molar-refractivity contribution in [2.45, 2.75) is 0 Å². The van der Waals surface area contributed by atoms with Crippen molar-refractivity contribution in [2.75, 3.05) is 0 Å². The number of hydrogen-bond donors (Lipinski definition) is 0. The molecule has 0 aliphatic carbocycles. The third kappa shape index (κ3) is 3.75. The zero-order valence-electron chi connectivity index (χ0n) is 23.9. The average Bonchev–Trinajstić information content (AvgIpc) is 3.76. The maximum absolute atomic E-state index is 5.40. The van der Waals surface area contributed by atoms with Crippen LogP contribution in [0, 0.1) is 0 Å². The first-order valence-electron chi connectivity index (χ1n) is 15.0. The summed E-state index contributed by atoms with van der Waals surface area (Å²) >= 11 is 3.61. The smallest absolute Gasteiger partial charge is 0.235 e. The molecular weight excluding hydrogens is 587 g/mol. The van der Waals surface area contributed by atoms with Crippen molar-refractivity contribution in [2.24, 2.45) is 0 Å². The molecule has 0 unspecified atom stereocenters. The summed E-state index contributed by atoms with van der Waals surface area (Å²) in [7, 11) is 0. The van der Waals surface area contributed by atoms with Gasteiger partial charge in [0.1, 0.15) is 0 Å². The molecule has 210 valence electrons. The molecule has 6 aromatic carbocycles. The summed E-state index contributed by atoms with van der Waals surface area (Å²) in [4.78, 5) is 10.7. The Morgan fingerprint density at radius 3 is 1.89 bits per heavy atom. The van der Waals surface area contributed by atoms with Crippen molar-refractivity contribution >= 4 is 85.0 Å². The summed E-state index contributed by atoms with van der Waals surface area (Å²) in [5.74, 6) is 0.694. The monoisotopic (exact) mass is 609 g/mol. The summed E-state index contributed by atoms with van der Waals surface area (Å²) in [5, 5.41) is 6.19.